The number of rotatable bonds is 4. The minimum Gasteiger partial charge on any atom is -0.493 e. The molecule has 0 heterocycles. The van der Waals surface area contributed by atoms with E-state index in [0.717, 1.165) is 0 Å². The van der Waals surface area contributed by atoms with Crippen molar-refractivity contribution >= 4 is 5.69 Å². The summed E-state index contributed by atoms with van der Waals surface area (Å²) in [5.74, 6) is 1.44. The molecule has 0 aliphatic rings. The van der Waals surface area contributed by atoms with Crippen LogP contribution >= 0.6 is 0 Å². The summed E-state index contributed by atoms with van der Waals surface area (Å²) >= 11 is 0. The molecule has 0 aromatic heterocycles. The second-order valence-corrected chi connectivity index (χ2v) is 3.96. The molecule has 0 saturated carbocycles. The smallest absolute Gasteiger partial charge is 0.276 e. The lowest BCUT2D eigenvalue weighted by molar-refractivity contribution is -0.385. The van der Waals surface area contributed by atoms with Gasteiger partial charge in [0, 0.05) is 5.56 Å². The number of para-hydroxylation sites is 1. The van der Waals surface area contributed by atoms with Crippen LogP contribution in [0.15, 0.2) is 42.5 Å². The third-order valence-electron chi connectivity index (χ3n) is 2.65. The summed E-state index contributed by atoms with van der Waals surface area (Å²) in [7, 11) is 1.45. The van der Waals surface area contributed by atoms with Crippen LogP contribution in [0.3, 0.4) is 0 Å². The molecular weight excluding hydrogens is 246 g/mol. The molecule has 0 aliphatic heterocycles. The standard InChI is InChI=1S/C14H13NO4/c1-10-8-14(19-11-6-4-3-5-7-11)13(18-2)9-12(10)15(16)17/h3-9H,1-2H3. The van der Waals surface area contributed by atoms with E-state index in [1.807, 2.05) is 18.2 Å². The summed E-state index contributed by atoms with van der Waals surface area (Å²) in [6.45, 7) is 1.66. The van der Waals surface area contributed by atoms with E-state index in [1.54, 1.807) is 25.1 Å². The Morgan fingerprint density at radius 2 is 1.79 bits per heavy atom. The van der Waals surface area contributed by atoms with Gasteiger partial charge in [-0.1, -0.05) is 18.2 Å². The highest BCUT2D eigenvalue weighted by atomic mass is 16.6. The highest BCUT2D eigenvalue weighted by Crippen LogP contribution is 2.36. The van der Waals surface area contributed by atoms with Crippen LogP contribution in [-0.2, 0) is 0 Å². The maximum absolute atomic E-state index is 10.9. The summed E-state index contributed by atoms with van der Waals surface area (Å²) in [6.07, 6.45) is 0. The van der Waals surface area contributed by atoms with Crippen molar-refractivity contribution in [1.82, 2.24) is 0 Å². The zero-order chi connectivity index (χ0) is 13.8. The van der Waals surface area contributed by atoms with Crippen LogP contribution in [0, 0.1) is 17.0 Å². The number of hydrogen-bond acceptors (Lipinski definition) is 4. The van der Waals surface area contributed by atoms with Gasteiger partial charge in [0.15, 0.2) is 11.5 Å². The Bertz CT molecular complexity index is 596. The normalized spacial score (nSPS) is 10.0. The number of hydrogen-bond donors (Lipinski definition) is 0. The number of aryl methyl sites for hydroxylation is 1. The summed E-state index contributed by atoms with van der Waals surface area (Å²) in [5, 5.41) is 10.9. The van der Waals surface area contributed by atoms with Crippen LogP contribution in [0.4, 0.5) is 5.69 Å². The van der Waals surface area contributed by atoms with Crippen LogP contribution in [0.5, 0.6) is 17.2 Å². The Balaban J connectivity index is 2.40. The molecule has 0 saturated heterocycles. The lowest BCUT2D eigenvalue weighted by Gasteiger charge is -2.11. The third-order valence-corrected chi connectivity index (χ3v) is 2.65. The Morgan fingerprint density at radius 3 is 2.37 bits per heavy atom. The molecule has 98 valence electrons. The topological polar surface area (TPSA) is 61.6 Å². The molecule has 0 N–H and O–H groups in total. The van der Waals surface area contributed by atoms with Crippen molar-refractivity contribution in [2.75, 3.05) is 7.11 Å². The molecule has 0 unspecified atom stereocenters. The first-order chi connectivity index (χ1) is 9.11. The first kappa shape index (κ1) is 12.9. The molecule has 5 heteroatoms. The summed E-state index contributed by atoms with van der Waals surface area (Å²) in [5.41, 5.74) is 0.536. The molecule has 2 aromatic carbocycles. The first-order valence-electron chi connectivity index (χ1n) is 5.67. The quantitative estimate of drug-likeness (QED) is 0.620. The van der Waals surface area contributed by atoms with Gasteiger partial charge in [-0.2, -0.15) is 0 Å². The van der Waals surface area contributed by atoms with Crippen molar-refractivity contribution in [3.05, 3.63) is 58.1 Å². The fourth-order valence-corrected chi connectivity index (χ4v) is 1.70. The summed E-state index contributed by atoms with van der Waals surface area (Å²) < 4.78 is 10.8. The molecule has 5 nitrogen and oxygen atoms in total. The van der Waals surface area contributed by atoms with Gasteiger partial charge >= 0.3 is 0 Å². The van der Waals surface area contributed by atoms with Crippen LogP contribution in [-0.4, -0.2) is 12.0 Å². The van der Waals surface area contributed by atoms with Gasteiger partial charge < -0.3 is 9.47 Å². The van der Waals surface area contributed by atoms with E-state index in [9.17, 15) is 10.1 Å². The summed E-state index contributed by atoms with van der Waals surface area (Å²) in [6, 6.07) is 12.1. The Kier molecular flexibility index (Phi) is 3.66. The minimum absolute atomic E-state index is 0.0114. The van der Waals surface area contributed by atoms with E-state index in [-0.39, 0.29) is 5.69 Å². The van der Waals surface area contributed by atoms with Crippen molar-refractivity contribution in [1.29, 1.82) is 0 Å². The predicted octanol–water partition coefficient (Wildman–Crippen LogP) is 3.70. The number of ether oxygens (including phenoxy) is 2. The van der Waals surface area contributed by atoms with Crippen LogP contribution in [0.1, 0.15) is 5.56 Å². The third kappa shape index (κ3) is 2.82. The highest BCUT2D eigenvalue weighted by Gasteiger charge is 2.17. The van der Waals surface area contributed by atoms with Crippen molar-refractivity contribution < 1.29 is 14.4 Å². The van der Waals surface area contributed by atoms with E-state index < -0.39 is 4.92 Å². The van der Waals surface area contributed by atoms with Gasteiger partial charge in [-0.25, -0.2) is 0 Å². The zero-order valence-corrected chi connectivity index (χ0v) is 10.6. The van der Waals surface area contributed by atoms with Gasteiger partial charge in [0.2, 0.25) is 0 Å². The number of nitrogens with zero attached hydrogens (tertiary/aromatic N) is 1. The first-order valence-corrected chi connectivity index (χ1v) is 5.67. The molecule has 0 amide bonds. The zero-order valence-electron chi connectivity index (χ0n) is 10.6. The minimum atomic E-state index is -0.440. The molecule has 0 fully saturated rings. The van der Waals surface area contributed by atoms with Gasteiger partial charge in [-0.3, -0.25) is 10.1 Å². The van der Waals surface area contributed by atoms with Crippen molar-refractivity contribution in [2.24, 2.45) is 0 Å². The molecular formula is C14H13NO4. The Morgan fingerprint density at radius 1 is 1.11 bits per heavy atom. The molecule has 0 aliphatic carbocycles. The lowest BCUT2D eigenvalue weighted by Crippen LogP contribution is -1.96. The second-order valence-electron chi connectivity index (χ2n) is 3.96. The summed E-state index contributed by atoms with van der Waals surface area (Å²) in [4.78, 5) is 10.4. The van der Waals surface area contributed by atoms with Gasteiger partial charge in [0.1, 0.15) is 5.75 Å². The largest absolute Gasteiger partial charge is 0.493 e. The van der Waals surface area contributed by atoms with E-state index >= 15 is 0 Å². The maximum Gasteiger partial charge on any atom is 0.276 e. The Labute approximate surface area is 110 Å². The monoisotopic (exact) mass is 259 g/mol. The second kappa shape index (κ2) is 5.39. The van der Waals surface area contributed by atoms with Crippen LogP contribution in [0.2, 0.25) is 0 Å². The van der Waals surface area contributed by atoms with Gasteiger partial charge in [-0.15, -0.1) is 0 Å². The van der Waals surface area contributed by atoms with Crippen molar-refractivity contribution in [3.63, 3.8) is 0 Å². The van der Waals surface area contributed by atoms with E-state index in [0.29, 0.717) is 22.8 Å². The van der Waals surface area contributed by atoms with Crippen LogP contribution in [0.25, 0.3) is 0 Å². The van der Waals surface area contributed by atoms with E-state index in [2.05, 4.69) is 0 Å². The molecule has 0 spiro atoms. The van der Waals surface area contributed by atoms with Crippen LogP contribution < -0.4 is 9.47 Å². The van der Waals surface area contributed by atoms with Gasteiger partial charge in [0.05, 0.1) is 18.1 Å². The molecule has 2 rings (SSSR count). The predicted molar refractivity (Wildman–Crippen MR) is 70.9 cm³/mol. The molecule has 0 radical (unpaired) electrons. The molecule has 0 atom stereocenters. The van der Waals surface area contributed by atoms with E-state index in [1.165, 1.54) is 13.2 Å². The highest BCUT2D eigenvalue weighted by molar-refractivity contribution is 5.54. The molecule has 19 heavy (non-hydrogen) atoms. The number of methoxy groups -OCH3 is 1. The average molecular weight is 259 g/mol. The van der Waals surface area contributed by atoms with Gasteiger partial charge in [0.25, 0.3) is 5.69 Å². The van der Waals surface area contributed by atoms with E-state index in [4.69, 9.17) is 9.47 Å². The average Bonchev–Trinajstić information content (AvgIpc) is 2.39. The van der Waals surface area contributed by atoms with Crippen molar-refractivity contribution in [2.45, 2.75) is 6.92 Å². The Hall–Kier alpha value is -2.56. The van der Waals surface area contributed by atoms with Gasteiger partial charge in [-0.05, 0) is 25.1 Å². The number of benzene rings is 2. The fourth-order valence-electron chi connectivity index (χ4n) is 1.70. The number of nitro benzene ring substituents is 1. The van der Waals surface area contributed by atoms with Crippen molar-refractivity contribution in [3.8, 4) is 17.2 Å². The fraction of sp³-hybridized carbons (Fsp3) is 0.143. The molecule has 2 aromatic rings. The maximum atomic E-state index is 10.9. The number of nitro groups is 1. The SMILES string of the molecule is COc1cc([N+](=O)[O-])c(C)cc1Oc1ccccc1. The lowest BCUT2D eigenvalue weighted by atomic mass is 10.2. The molecule has 0 bridgehead atoms.